The van der Waals surface area contributed by atoms with E-state index in [-0.39, 0.29) is 12.6 Å². The van der Waals surface area contributed by atoms with Crippen molar-refractivity contribution in [3.8, 4) is 0 Å². The Balaban J connectivity index is 1.73. The third kappa shape index (κ3) is 2.72. The Bertz CT molecular complexity index is 775. The van der Waals surface area contributed by atoms with Crippen LogP contribution in [0.3, 0.4) is 0 Å². The second-order valence-electron chi connectivity index (χ2n) is 4.85. The zero-order valence-electron chi connectivity index (χ0n) is 11.6. The SMILES string of the molecule is Cc1cc(N)ccc1C(=O)OCc1cn2ccccc2n1. The average Bonchev–Trinajstić information content (AvgIpc) is 2.87. The predicted octanol–water partition coefficient (Wildman–Crippen LogP) is 2.58. The minimum atomic E-state index is -0.371. The normalized spacial score (nSPS) is 10.7. The number of ether oxygens (including phenoxy) is 1. The summed E-state index contributed by atoms with van der Waals surface area (Å²) < 4.78 is 7.20. The van der Waals surface area contributed by atoms with Gasteiger partial charge in [-0.25, -0.2) is 9.78 Å². The highest BCUT2D eigenvalue weighted by molar-refractivity contribution is 5.91. The zero-order valence-corrected chi connectivity index (χ0v) is 11.6. The highest BCUT2D eigenvalue weighted by Crippen LogP contribution is 2.14. The first kappa shape index (κ1) is 13.2. The molecule has 2 heterocycles. The van der Waals surface area contributed by atoms with E-state index in [1.807, 2.05) is 41.9 Å². The fourth-order valence-corrected chi connectivity index (χ4v) is 2.19. The summed E-state index contributed by atoms with van der Waals surface area (Å²) in [5, 5.41) is 0. The first-order chi connectivity index (χ1) is 10.1. The van der Waals surface area contributed by atoms with E-state index in [1.54, 1.807) is 18.2 Å². The monoisotopic (exact) mass is 281 g/mol. The summed E-state index contributed by atoms with van der Waals surface area (Å²) in [6, 6.07) is 10.8. The van der Waals surface area contributed by atoms with Crippen LogP contribution in [0.2, 0.25) is 0 Å². The molecule has 1 aromatic carbocycles. The summed E-state index contributed by atoms with van der Waals surface area (Å²) in [6.45, 7) is 1.97. The molecule has 5 nitrogen and oxygen atoms in total. The lowest BCUT2D eigenvalue weighted by molar-refractivity contribution is 0.0467. The minimum Gasteiger partial charge on any atom is -0.456 e. The maximum Gasteiger partial charge on any atom is 0.338 e. The van der Waals surface area contributed by atoms with Crippen molar-refractivity contribution in [2.24, 2.45) is 0 Å². The number of carbonyl (C=O) groups is 1. The van der Waals surface area contributed by atoms with Gasteiger partial charge in [0.1, 0.15) is 12.3 Å². The molecule has 0 aliphatic rings. The molecule has 0 saturated carbocycles. The van der Waals surface area contributed by atoms with Crippen LogP contribution in [0, 0.1) is 6.92 Å². The lowest BCUT2D eigenvalue weighted by Gasteiger charge is -2.06. The van der Waals surface area contributed by atoms with Crippen LogP contribution in [0.25, 0.3) is 5.65 Å². The summed E-state index contributed by atoms with van der Waals surface area (Å²) in [7, 11) is 0. The summed E-state index contributed by atoms with van der Waals surface area (Å²) in [5.41, 5.74) is 9.16. The van der Waals surface area contributed by atoms with Crippen LogP contribution in [0.15, 0.2) is 48.8 Å². The van der Waals surface area contributed by atoms with Gasteiger partial charge in [0.2, 0.25) is 0 Å². The first-order valence-electron chi connectivity index (χ1n) is 6.59. The van der Waals surface area contributed by atoms with Crippen molar-refractivity contribution in [2.45, 2.75) is 13.5 Å². The minimum absolute atomic E-state index is 0.143. The molecule has 106 valence electrons. The zero-order chi connectivity index (χ0) is 14.8. The van der Waals surface area contributed by atoms with Crippen molar-refractivity contribution in [1.29, 1.82) is 0 Å². The van der Waals surface area contributed by atoms with E-state index in [1.165, 1.54) is 0 Å². The number of nitrogen functional groups attached to an aromatic ring is 1. The second kappa shape index (κ2) is 5.28. The van der Waals surface area contributed by atoms with Crippen LogP contribution in [0.5, 0.6) is 0 Å². The molecule has 2 N–H and O–H groups in total. The molecule has 21 heavy (non-hydrogen) atoms. The number of esters is 1. The number of pyridine rings is 1. The van der Waals surface area contributed by atoms with Gasteiger partial charge < -0.3 is 14.9 Å². The van der Waals surface area contributed by atoms with E-state index in [9.17, 15) is 4.79 Å². The number of hydrogen-bond donors (Lipinski definition) is 1. The van der Waals surface area contributed by atoms with Crippen LogP contribution in [0.4, 0.5) is 5.69 Å². The van der Waals surface area contributed by atoms with E-state index in [2.05, 4.69) is 4.98 Å². The molecule has 3 aromatic rings. The van der Waals surface area contributed by atoms with Crippen LogP contribution < -0.4 is 5.73 Å². The molecule has 2 aromatic heterocycles. The smallest absolute Gasteiger partial charge is 0.338 e. The van der Waals surface area contributed by atoms with Crippen molar-refractivity contribution in [3.05, 3.63) is 65.6 Å². The Morgan fingerprint density at radius 2 is 2.19 bits per heavy atom. The van der Waals surface area contributed by atoms with Gasteiger partial charge in [-0.05, 0) is 42.8 Å². The van der Waals surface area contributed by atoms with Gasteiger partial charge >= 0.3 is 5.97 Å². The Morgan fingerprint density at radius 3 is 2.95 bits per heavy atom. The molecule has 0 fully saturated rings. The van der Waals surface area contributed by atoms with Gasteiger partial charge in [0, 0.05) is 18.1 Å². The second-order valence-corrected chi connectivity index (χ2v) is 4.85. The fraction of sp³-hybridized carbons (Fsp3) is 0.125. The molecule has 0 amide bonds. The average molecular weight is 281 g/mol. The number of aryl methyl sites for hydroxylation is 1. The molecule has 0 aliphatic carbocycles. The van der Waals surface area contributed by atoms with Gasteiger partial charge in [-0.3, -0.25) is 0 Å². The quantitative estimate of drug-likeness (QED) is 0.591. The summed E-state index contributed by atoms with van der Waals surface area (Å²) in [4.78, 5) is 16.4. The molecule has 0 radical (unpaired) electrons. The maximum atomic E-state index is 12.1. The molecule has 0 atom stereocenters. The Labute approximate surface area is 122 Å². The lowest BCUT2D eigenvalue weighted by Crippen LogP contribution is -2.07. The number of nitrogens with zero attached hydrogens (tertiary/aromatic N) is 2. The predicted molar refractivity (Wildman–Crippen MR) is 79.9 cm³/mol. The van der Waals surface area contributed by atoms with E-state index in [0.717, 1.165) is 11.2 Å². The number of anilines is 1. The van der Waals surface area contributed by atoms with E-state index >= 15 is 0 Å². The van der Waals surface area contributed by atoms with Crippen molar-refractivity contribution in [2.75, 3.05) is 5.73 Å². The molecule has 5 heteroatoms. The number of fused-ring (bicyclic) bond motifs is 1. The van der Waals surface area contributed by atoms with Crippen LogP contribution in [-0.2, 0) is 11.3 Å². The van der Waals surface area contributed by atoms with Crippen molar-refractivity contribution < 1.29 is 9.53 Å². The number of benzene rings is 1. The topological polar surface area (TPSA) is 69.6 Å². The van der Waals surface area contributed by atoms with Gasteiger partial charge in [0.25, 0.3) is 0 Å². The van der Waals surface area contributed by atoms with E-state index in [0.29, 0.717) is 16.9 Å². The number of rotatable bonds is 3. The molecule has 0 saturated heterocycles. The number of imidazole rings is 1. The van der Waals surface area contributed by atoms with Gasteiger partial charge in [-0.15, -0.1) is 0 Å². The van der Waals surface area contributed by atoms with Gasteiger partial charge in [0.05, 0.1) is 11.3 Å². The van der Waals surface area contributed by atoms with Crippen LogP contribution >= 0.6 is 0 Å². The molecule has 0 unspecified atom stereocenters. The Morgan fingerprint density at radius 1 is 1.33 bits per heavy atom. The summed E-state index contributed by atoms with van der Waals surface area (Å²) >= 11 is 0. The number of nitrogens with two attached hydrogens (primary N) is 1. The van der Waals surface area contributed by atoms with Gasteiger partial charge in [-0.2, -0.15) is 0 Å². The van der Waals surface area contributed by atoms with E-state index in [4.69, 9.17) is 10.5 Å². The number of carbonyl (C=O) groups excluding carboxylic acids is 1. The van der Waals surface area contributed by atoms with Gasteiger partial charge in [0.15, 0.2) is 0 Å². The molecule has 0 bridgehead atoms. The fourth-order valence-electron chi connectivity index (χ4n) is 2.19. The molecule has 0 aliphatic heterocycles. The molecular weight excluding hydrogens is 266 g/mol. The third-order valence-electron chi connectivity index (χ3n) is 3.24. The lowest BCUT2D eigenvalue weighted by atomic mass is 10.1. The maximum absolute atomic E-state index is 12.1. The van der Waals surface area contributed by atoms with Crippen molar-refractivity contribution in [3.63, 3.8) is 0 Å². The molecular formula is C16H15N3O2. The first-order valence-corrected chi connectivity index (χ1v) is 6.59. The largest absolute Gasteiger partial charge is 0.456 e. The Kier molecular flexibility index (Phi) is 3.31. The number of hydrogen-bond acceptors (Lipinski definition) is 4. The van der Waals surface area contributed by atoms with Crippen molar-refractivity contribution >= 4 is 17.3 Å². The highest BCUT2D eigenvalue weighted by atomic mass is 16.5. The Hall–Kier alpha value is -2.82. The van der Waals surface area contributed by atoms with Crippen LogP contribution in [0.1, 0.15) is 21.6 Å². The van der Waals surface area contributed by atoms with Crippen LogP contribution in [-0.4, -0.2) is 15.4 Å². The number of aromatic nitrogens is 2. The molecule has 0 spiro atoms. The highest BCUT2D eigenvalue weighted by Gasteiger charge is 2.11. The van der Waals surface area contributed by atoms with Gasteiger partial charge in [-0.1, -0.05) is 6.07 Å². The third-order valence-corrected chi connectivity index (χ3v) is 3.24. The van der Waals surface area contributed by atoms with E-state index < -0.39 is 0 Å². The summed E-state index contributed by atoms with van der Waals surface area (Å²) in [5.74, 6) is -0.371. The van der Waals surface area contributed by atoms with Crippen molar-refractivity contribution in [1.82, 2.24) is 9.38 Å². The standard InChI is InChI=1S/C16H15N3O2/c1-11-8-12(17)5-6-14(11)16(20)21-10-13-9-19-7-3-2-4-15(19)18-13/h2-9H,10,17H2,1H3. The summed E-state index contributed by atoms with van der Waals surface area (Å²) in [6.07, 6.45) is 3.75. The molecule has 3 rings (SSSR count).